The highest BCUT2D eigenvalue weighted by Gasteiger charge is 2.17. The molecular formula is C15H24N2O2. The van der Waals surface area contributed by atoms with Gasteiger partial charge in [-0.1, -0.05) is 32.9 Å². The molecule has 0 aliphatic heterocycles. The molecule has 4 heteroatoms. The van der Waals surface area contributed by atoms with Crippen LogP contribution in [0.4, 0.5) is 10.5 Å². The predicted octanol–water partition coefficient (Wildman–Crippen LogP) is 3.25. The zero-order valence-corrected chi connectivity index (χ0v) is 12.4. The quantitative estimate of drug-likeness (QED) is 0.880. The topological polar surface area (TPSA) is 52.6 Å². The average molecular weight is 264 g/mol. The van der Waals surface area contributed by atoms with E-state index in [4.69, 9.17) is 0 Å². The summed E-state index contributed by atoms with van der Waals surface area (Å²) in [4.78, 5) is 13.7. The van der Waals surface area contributed by atoms with Gasteiger partial charge in [0.2, 0.25) is 0 Å². The minimum absolute atomic E-state index is 0.0630. The minimum atomic E-state index is -0.538. The van der Waals surface area contributed by atoms with Gasteiger partial charge in [-0.2, -0.15) is 0 Å². The van der Waals surface area contributed by atoms with Gasteiger partial charge in [-0.15, -0.1) is 0 Å². The van der Waals surface area contributed by atoms with Gasteiger partial charge in [0.25, 0.3) is 0 Å². The lowest BCUT2D eigenvalue weighted by atomic mass is 9.96. The Balaban J connectivity index is 2.69. The highest BCUT2D eigenvalue weighted by molar-refractivity contribution is 5.89. The Kier molecular flexibility index (Phi) is 4.95. The van der Waals surface area contributed by atoms with Gasteiger partial charge >= 0.3 is 6.03 Å². The maximum atomic E-state index is 12.0. The molecule has 1 rings (SSSR count). The smallest absolute Gasteiger partial charge is 0.321 e. The Morgan fingerprint density at radius 1 is 1.42 bits per heavy atom. The van der Waals surface area contributed by atoms with Gasteiger partial charge in [-0.25, -0.2) is 4.79 Å². The number of aliphatic hydroxyl groups excluding tert-OH is 1. The van der Waals surface area contributed by atoms with Gasteiger partial charge in [0.1, 0.15) is 0 Å². The van der Waals surface area contributed by atoms with Crippen molar-refractivity contribution in [1.29, 1.82) is 0 Å². The van der Waals surface area contributed by atoms with E-state index in [0.717, 1.165) is 5.56 Å². The van der Waals surface area contributed by atoms with Crippen molar-refractivity contribution >= 4 is 11.7 Å². The number of anilines is 1. The lowest BCUT2D eigenvalue weighted by Crippen LogP contribution is -2.37. The second kappa shape index (κ2) is 6.06. The number of carbonyl (C=O) groups is 1. The number of hydrogen-bond acceptors (Lipinski definition) is 2. The van der Waals surface area contributed by atoms with E-state index in [9.17, 15) is 9.90 Å². The molecule has 0 aliphatic carbocycles. The van der Waals surface area contributed by atoms with Gasteiger partial charge in [0.15, 0.2) is 0 Å². The molecule has 0 aromatic heterocycles. The average Bonchev–Trinajstić information content (AvgIpc) is 2.27. The van der Waals surface area contributed by atoms with Gasteiger partial charge < -0.3 is 15.3 Å². The van der Waals surface area contributed by atoms with E-state index < -0.39 is 6.10 Å². The normalized spacial score (nSPS) is 12.9. The summed E-state index contributed by atoms with van der Waals surface area (Å²) >= 11 is 0. The molecule has 106 valence electrons. The number of benzene rings is 1. The Labute approximate surface area is 115 Å². The summed E-state index contributed by atoms with van der Waals surface area (Å²) in [7, 11) is 1.78. The van der Waals surface area contributed by atoms with E-state index in [0.29, 0.717) is 12.2 Å². The molecular weight excluding hydrogens is 240 g/mol. The summed E-state index contributed by atoms with van der Waals surface area (Å²) < 4.78 is 0. The third-order valence-electron chi connectivity index (χ3n) is 2.68. The number of rotatable bonds is 3. The standard InChI is InChI=1S/C15H24N2O2/c1-11(18)12-7-6-8-13(9-12)16-14(19)17(5)10-15(2,3)4/h6-9,11,18H,10H2,1-5H3,(H,16,19). The van der Waals surface area contributed by atoms with Crippen molar-refractivity contribution in [3.8, 4) is 0 Å². The van der Waals surface area contributed by atoms with Crippen LogP contribution in [0.25, 0.3) is 0 Å². The molecule has 2 N–H and O–H groups in total. The molecule has 0 saturated carbocycles. The summed E-state index contributed by atoms with van der Waals surface area (Å²) in [6, 6.07) is 7.11. The zero-order valence-electron chi connectivity index (χ0n) is 12.4. The van der Waals surface area contributed by atoms with E-state index in [2.05, 4.69) is 26.1 Å². The maximum absolute atomic E-state index is 12.0. The molecule has 0 saturated heterocycles. The Bertz CT molecular complexity index is 436. The van der Waals surface area contributed by atoms with Crippen LogP contribution in [0.3, 0.4) is 0 Å². The summed E-state index contributed by atoms with van der Waals surface area (Å²) in [5, 5.41) is 12.4. The molecule has 0 spiro atoms. The highest BCUT2D eigenvalue weighted by Crippen LogP contribution is 2.18. The summed E-state index contributed by atoms with van der Waals surface area (Å²) in [5.41, 5.74) is 1.55. The first-order chi connectivity index (χ1) is 8.69. The van der Waals surface area contributed by atoms with Gasteiger partial charge in [-0.3, -0.25) is 0 Å². The molecule has 1 unspecified atom stereocenters. The first-order valence-electron chi connectivity index (χ1n) is 6.49. The number of hydrogen-bond donors (Lipinski definition) is 2. The van der Waals surface area contributed by atoms with Crippen molar-refractivity contribution < 1.29 is 9.90 Å². The van der Waals surface area contributed by atoms with Gasteiger partial charge in [0.05, 0.1) is 6.10 Å². The van der Waals surface area contributed by atoms with Crippen LogP contribution in [0.5, 0.6) is 0 Å². The molecule has 1 atom stereocenters. The fourth-order valence-electron chi connectivity index (χ4n) is 1.88. The Morgan fingerprint density at radius 2 is 2.05 bits per heavy atom. The van der Waals surface area contributed by atoms with Crippen LogP contribution in [-0.4, -0.2) is 29.6 Å². The minimum Gasteiger partial charge on any atom is -0.389 e. The monoisotopic (exact) mass is 264 g/mol. The first kappa shape index (κ1) is 15.5. The molecule has 1 aromatic rings. The van der Waals surface area contributed by atoms with Crippen molar-refractivity contribution in [3.05, 3.63) is 29.8 Å². The molecule has 0 fully saturated rings. The van der Waals surface area contributed by atoms with Crippen molar-refractivity contribution in [2.24, 2.45) is 5.41 Å². The van der Waals surface area contributed by atoms with Crippen LogP contribution in [0.15, 0.2) is 24.3 Å². The SMILES string of the molecule is CC(O)c1cccc(NC(=O)N(C)CC(C)(C)C)c1. The van der Waals surface area contributed by atoms with E-state index in [1.54, 1.807) is 24.9 Å². The van der Waals surface area contributed by atoms with Crippen LogP contribution in [0, 0.1) is 5.41 Å². The second-order valence-corrected chi connectivity index (χ2v) is 6.15. The van der Waals surface area contributed by atoms with Crippen molar-refractivity contribution in [2.45, 2.75) is 33.8 Å². The number of carbonyl (C=O) groups excluding carboxylic acids is 1. The van der Waals surface area contributed by atoms with Crippen molar-refractivity contribution in [1.82, 2.24) is 4.90 Å². The molecule has 0 bridgehead atoms. The number of nitrogens with zero attached hydrogens (tertiary/aromatic N) is 1. The number of nitrogens with one attached hydrogen (secondary N) is 1. The van der Waals surface area contributed by atoms with E-state index in [1.807, 2.05) is 18.2 Å². The fraction of sp³-hybridized carbons (Fsp3) is 0.533. The molecule has 0 radical (unpaired) electrons. The molecule has 0 heterocycles. The van der Waals surface area contributed by atoms with E-state index in [-0.39, 0.29) is 11.4 Å². The fourth-order valence-corrected chi connectivity index (χ4v) is 1.88. The summed E-state index contributed by atoms with van der Waals surface area (Å²) in [6.07, 6.45) is -0.538. The molecule has 4 nitrogen and oxygen atoms in total. The number of aliphatic hydroxyl groups is 1. The van der Waals surface area contributed by atoms with Crippen molar-refractivity contribution in [2.75, 3.05) is 18.9 Å². The third-order valence-corrected chi connectivity index (χ3v) is 2.68. The second-order valence-electron chi connectivity index (χ2n) is 6.15. The lowest BCUT2D eigenvalue weighted by Gasteiger charge is -2.26. The van der Waals surface area contributed by atoms with Crippen LogP contribution in [0.2, 0.25) is 0 Å². The predicted molar refractivity (Wildman–Crippen MR) is 78.2 cm³/mol. The van der Waals surface area contributed by atoms with E-state index >= 15 is 0 Å². The highest BCUT2D eigenvalue weighted by atomic mass is 16.3. The zero-order chi connectivity index (χ0) is 14.6. The first-order valence-corrected chi connectivity index (χ1v) is 6.49. The Morgan fingerprint density at radius 3 is 2.58 bits per heavy atom. The molecule has 19 heavy (non-hydrogen) atoms. The largest absolute Gasteiger partial charge is 0.389 e. The van der Waals surface area contributed by atoms with E-state index in [1.165, 1.54) is 0 Å². The lowest BCUT2D eigenvalue weighted by molar-refractivity contribution is 0.198. The molecule has 0 aliphatic rings. The van der Waals surface area contributed by atoms with Crippen LogP contribution in [-0.2, 0) is 0 Å². The number of amides is 2. The summed E-state index contributed by atoms with van der Waals surface area (Å²) in [6.45, 7) is 8.64. The Hall–Kier alpha value is -1.55. The summed E-state index contributed by atoms with van der Waals surface area (Å²) in [5.74, 6) is 0. The van der Waals surface area contributed by atoms with Crippen LogP contribution >= 0.6 is 0 Å². The van der Waals surface area contributed by atoms with Crippen LogP contribution < -0.4 is 5.32 Å². The van der Waals surface area contributed by atoms with Gasteiger partial charge in [-0.05, 0) is 30.0 Å². The van der Waals surface area contributed by atoms with Crippen molar-refractivity contribution in [3.63, 3.8) is 0 Å². The number of urea groups is 1. The third kappa shape index (κ3) is 5.30. The maximum Gasteiger partial charge on any atom is 0.321 e. The van der Waals surface area contributed by atoms with Gasteiger partial charge in [0, 0.05) is 19.3 Å². The molecule has 2 amide bonds. The molecule has 1 aromatic carbocycles. The van der Waals surface area contributed by atoms with Crippen LogP contribution in [0.1, 0.15) is 39.4 Å².